The number of alkyl carbamates (subject to hydrolysis) is 1. The van der Waals surface area contributed by atoms with E-state index in [9.17, 15) is 43.5 Å². The number of benzene rings is 2. The summed E-state index contributed by atoms with van der Waals surface area (Å²) in [6.45, 7) is 8.64. The minimum atomic E-state index is -2.04. The number of amides is 6. The number of unbranched alkanes of at least 4 members (excludes halogenated alkanes) is 2. The number of fused-ring (bicyclic) bond motifs is 5. The molecule has 5 heterocycles. The SMILES string of the molecule is CC[C@@]1(O)C(=O)OCc2c1cc1n(c2=O)Cc2c-1nc1cc(F)c(C)c3c1c2[C@@H](NC(=O)OCc1ccc(NC(=O)[C@H](C)NC(=O)[C@@H](NC(=O)CCCCCN2C(=O)C=CC2=O)C(C)C)cc1CNC)CC3. The molecule has 4 aromatic rings. The van der Waals surface area contributed by atoms with E-state index in [-0.39, 0.29) is 73.9 Å². The summed E-state index contributed by atoms with van der Waals surface area (Å²) in [4.78, 5) is 110. The summed E-state index contributed by atoms with van der Waals surface area (Å²) >= 11 is 0. The first-order valence-electron chi connectivity index (χ1n) is 24.3. The number of ether oxygens (including phenoxy) is 2. The van der Waals surface area contributed by atoms with Crippen LogP contribution >= 0.6 is 0 Å². The van der Waals surface area contributed by atoms with Gasteiger partial charge in [0.15, 0.2) is 5.60 Å². The number of nitrogens with one attached hydrogen (secondary N) is 5. The predicted molar refractivity (Wildman–Crippen MR) is 260 cm³/mol. The Hall–Kier alpha value is -7.32. The van der Waals surface area contributed by atoms with Crippen molar-refractivity contribution in [1.82, 2.24) is 35.7 Å². The topological polar surface area (TPSA) is 256 Å². The lowest BCUT2D eigenvalue weighted by Gasteiger charge is -2.31. The number of hydrogen-bond acceptors (Lipinski definition) is 13. The summed E-state index contributed by atoms with van der Waals surface area (Å²) in [5.74, 6) is -3.67. The highest BCUT2D eigenvalue weighted by Crippen LogP contribution is 2.46. The maximum atomic E-state index is 15.4. The number of hydrogen-bond donors (Lipinski definition) is 6. The average Bonchev–Trinajstić information content (AvgIpc) is 3.88. The van der Waals surface area contributed by atoms with Crippen LogP contribution in [0.15, 0.2) is 47.3 Å². The summed E-state index contributed by atoms with van der Waals surface area (Å²) in [5, 5.41) is 26.5. The number of rotatable bonds is 18. The van der Waals surface area contributed by atoms with Crippen LogP contribution in [0.5, 0.6) is 0 Å². The van der Waals surface area contributed by atoms with Crippen LogP contribution in [0.3, 0.4) is 0 Å². The van der Waals surface area contributed by atoms with Crippen molar-refractivity contribution >= 4 is 58.2 Å². The minimum Gasteiger partial charge on any atom is -0.458 e. The van der Waals surface area contributed by atoms with Gasteiger partial charge in [-0.15, -0.1) is 0 Å². The maximum absolute atomic E-state index is 15.4. The molecule has 0 bridgehead atoms. The Morgan fingerprint density at radius 3 is 2.42 bits per heavy atom. The molecule has 6 amide bonds. The highest BCUT2D eigenvalue weighted by atomic mass is 19.1. The molecule has 1 aliphatic carbocycles. The second-order valence-electron chi connectivity index (χ2n) is 19.1. The monoisotopic (exact) mass is 990 g/mol. The molecular formula is C52H59FN8O11. The van der Waals surface area contributed by atoms with Crippen LogP contribution < -0.4 is 32.1 Å². The van der Waals surface area contributed by atoms with Crippen molar-refractivity contribution in [1.29, 1.82) is 0 Å². The number of carbonyl (C=O) groups excluding carboxylic acids is 7. The molecule has 19 nitrogen and oxygen atoms in total. The molecule has 4 aliphatic rings. The molecular weight excluding hydrogens is 932 g/mol. The third-order valence-electron chi connectivity index (χ3n) is 14.1. The molecule has 3 aliphatic heterocycles. The number of aliphatic hydroxyl groups is 1. The standard InChI is InChI=1S/C52H59FN8O11/c1-7-52(70)35-20-39-46-33(23-61(39)49(67)34(35)25-71-50(52)68)44-37(15-14-32-27(4)36(53)21-38(57-46)43(32)44)58-51(69)72-24-29-12-13-31(19-30(29)22-54-6)56-47(65)28(5)55-48(66)45(26(2)3)59-40(62)11-9-8-10-18-60-41(63)16-17-42(60)64/h12-13,16-17,19-21,26,28,37,45,54,70H,7-11,14-15,18,22-25H2,1-6H3,(H,55,66)(H,56,65)(H,58,69)(H,59,62)/t28-,37-,45-,52-/m0/s1. The zero-order valence-electron chi connectivity index (χ0n) is 41.1. The van der Waals surface area contributed by atoms with Gasteiger partial charge in [0.05, 0.1) is 35.1 Å². The lowest BCUT2D eigenvalue weighted by atomic mass is 9.81. The molecule has 4 atom stereocenters. The molecule has 0 radical (unpaired) electrons. The van der Waals surface area contributed by atoms with Crippen molar-refractivity contribution in [3.63, 3.8) is 0 Å². The van der Waals surface area contributed by atoms with Gasteiger partial charge in [-0.05, 0) is 105 Å². The number of esters is 1. The molecule has 8 rings (SSSR count). The van der Waals surface area contributed by atoms with E-state index in [2.05, 4.69) is 26.6 Å². The van der Waals surface area contributed by atoms with Gasteiger partial charge in [-0.25, -0.2) is 19.0 Å². The molecule has 20 heteroatoms. The van der Waals surface area contributed by atoms with Gasteiger partial charge >= 0.3 is 12.1 Å². The zero-order chi connectivity index (χ0) is 51.8. The van der Waals surface area contributed by atoms with Crippen molar-refractivity contribution in [2.75, 3.05) is 18.9 Å². The Kier molecular flexibility index (Phi) is 14.7. The Morgan fingerprint density at radius 2 is 1.71 bits per heavy atom. The van der Waals surface area contributed by atoms with Crippen molar-refractivity contribution in [3.05, 3.63) is 103 Å². The molecule has 2 aromatic heterocycles. The average molecular weight is 991 g/mol. The van der Waals surface area contributed by atoms with E-state index in [0.29, 0.717) is 94.4 Å². The van der Waals surface area contributed by atoms with Crippen LogP contribution in [-0.2, 0) is 76.6 Å². The van der Waals surface area contributed by atoms with E-state index in [1.165, 1.54) is 29.7 Å². The number of aromatic nitrogens is 2. The Labute approximate surface area is 414 Å². The van der Waals surface area contributed by atoms with Gasteiger partial charge in [-0.1, -0.05) is 33.3 Å². The van der Waals surface area contributed by atoms with E-state index in [4.69, 9.17) is 14.5 Å². The van der Waals surface area contributed by atoms with Gasteiger partial charge in [-0.3, -0.25) is 33.7 Å². The fourth-order valence-corrected chi connectivity index (χ4v) is 10.0. The first kappa shape index (κ1) is 51.0. The maximum Gasteiger partial charge on any atom is 0.407 e. The van der Waals surface area contributed by atoms with Crippen molar-refractivity contribution in [3.8, 4) is 11.4 Å². The van der Waals surface area contributed by atoms with Crippen LogP contribution in [0.4, 0.5) is 14.9 Å². The van der Waals surface area contributed by atoms with E-state index in [1.54, 1.807) is 59.0 Å². The van der Waals surface area contributed by atoms with Gasteiger partial charge in [0.2, 0.25) is 17.7 Å². The van der Waals surface area contributed by atoms with Crippen molar-refractivity contribution in [2.24, 2.45) is 5.92 Å². The lowest BCUT2D eigenvalue weighted by Crippen LogP contribution is -2.53. The van der Waals surface area contributed by atoms with E-state index in [0.717, 1.165) is 10.5 Å². The quantitative estimate of drug-likeness (QED) is 0.0409. The van der Waals surface area contributed by atoms with Crippen LogP contribution in [0.1, 0.15) is 117 Å². The summed E-state index contributed by atoms with van der Waals surface area (Å²) in [5.41, 5.74) is 3.20. The highest BCUT2D eigenvalue weighted by Gasteiger charge is 2.46. The van der Waals surface area contributed by atoms with Crippen molar-refractivity contribution < 1.29 is 52.5 Å². The normalized spacial score (nSPS) is 18.3. The molecule has 0 spiro atoms. The molecule has 6 N–H and O–H groups in total. The second-order valence-corrected chi connectivity index (χ2v) is 19.1. The molecule has 380 valence electrons. The van der Waals surface area contributed by atoms with Crippen LogP contribution in [-0.4, -0.2) is 86.8 Å². The third kappa shape index (κ3) is 9.84. The summed E-state index contributed by atoms with van der Waals surface area (Å²) in [6, 6.07) is 5.50. The first-order valence-corrected chi connectivity index (χ1v) is 24.3. The smallest absolute Gasteiger partial charge is 0.407 e. The number of halogens is 1. The summed E-state index contributed by atoms with van der Waals surface area (Å²) in [6.07, 6.45) is 4.27. The van der Waals surface area contributed by atoms with Gasteiger partial charge in [-0.2, -0.15) is 0 Å². The third-order valence-corrected chi connectivity index (χ3v) is 14.1. The molecule has 0 saturated carbocycles. The Balaban J connectivity index is 0.906. The van der Waals surface area contributed by atoms with E-state index in [1.807, 2.05) is 0 Å². The van der Waals surface area contributed by atoms with Gasteiger partial charge < -0.3 is 45.7 Å². The fourth-order valence-electron chi connectivity index (χ4n) is 10.0. The lowest BCUT2D eigenvalue weighted by molar-refractivity contribution is -0.172. The van der Waals surface area contributed by atoms with Crippen LogP contribution in [0, 0.1) is 18.7 Å². The fraction of sp³-hybridized carbons (Fsp3) is 0.442. The van der Waals surface area contributed by atoms with Gasteiger partial charge in [0.1, 0.15) is 31.1 Å². The second kappa shape index (κ2) is 20.8. The molecule has 0 unspecified atom stereocenters. The highest BCUT2D eigenvalue weighted by molar-refractivity contribution is 6.12. The molecule has 0 saturated heterocycles. The molecule has 0 fully saturated rings. The van der Waals surface area contributed by atoms with Crippen molar-refractivity contribution in [2.45, 2.75) is 130 Å². The molecule has 2 aromatic carbocycles. The van der Waals surface area contributed by atoms with Gasteiger partial charge in [0, 0.05) is 59.9 Å². The van der Waals surface area contributed by atoms with E-state index >= 15 is 4.39 Å². The predicted octanol–water partition coefficient (Wildman–Crippen LogP) is 4.23. The first-order chi connectivity index (χ1) is 34.3. The van der Waals surface area contributed by atoms with Gasteiger partial charge in [0.25, 0.3) is 17.4 Å². The number of aryl methyl sites for hydroxylation is 1. The number of cyclic esters (lactones) is 1. The Bertz CT molecular complexity index is 3010. The Morgan fingerprint density at radius 1 is 0.958 bits per heavy atom. The summed E-state index contributed by atoms with van der Waals surface area (Å²) in [7, 11) is 1.74. The number of anilines is 1. The minimum absolute atomic E-state index is 0.0327. The zero-order valence-corrected chi connectivity index (χ0v) is 41.1. The number of pyridine rings is 2. The molecule has 72 heavy (non-hydrogen) atoms. The summed E-state index contributed by atoms with van der Waals surface area (Å²) < 4.78 is 28.0. The number of imide groups is 1. The van der Waals surface area contributed by atoms with Crippen LogP contribution in [0.2, 0.25) is 0 Å². The largest absolute Gasteiger partial charge is 0.458 e. The van der Waals surface area contributed by atoms with E-state index < -0.39 is 59.0 Å². The van der Waals surface area contributed by atoms with Crippen LogP contribution in [0.25, 0.3) is 22.3 Å². The number of carbonyl (C=O) groups is 7. The number of nitrogens with zero attached hydrogens (tertiary/aromatic N) is 3.